The van der Waals surface area contributed by atoms with Crippen LogP contribution in [0.15, 0.2) is 12.2 Å². The van der Waals surface area contributed by atoms with Gasteiger partial charge in [0.25, 0.3) is 0 Å². The molecule has 0 heterocycles. The molecule has 0 aliphatic rings. The highest BCUT2D eigenvalue weighted by Crippen LogP contribution is 2.43. The molecule has 0 aromatic rings. The van der Waals surface area contributed by atoms with Crippen LogP contribution in [-0.4, -0.2) is 49.3 Å². The van der Waals surface area contributed by atoms with Gasteiger partial charge in [-0.3, -0.25) is 18.6 Å². The van der Waals surface area contributed by atoms with Gasteiger partial charge in [-0.15, -0.1) is 0 Å². The van der Waals surface area contributed by atoms with Gasteiger partial charge in [0, 0.05) is 19.4 Å². The molecule has 83 heavy (non-hydrogen) atoms. The second kappa shape index (κ2) is 69.8. The summed E-state index contributed by atoms with van der Waals surface area (Å²) in [7, 11) is -4.39. The molecule has 0 saturated carbocycles. The number of rotatable bonds is 72. The number of phosphoric acid groups is 1. The van der Waals surface area contributed by atoms with Gasteiger partial charge in [0.15, 0.2) is 6.10 Å². The molecule has 0 radical (unpaired) electrons. The van der Waals surface area contributed by atoms with Gasteiger partial charge in [-0.05, 0) is 38.5 Å². The highest BCUT2D eigenvalue weighted by atomic mass is 31.2. The number of carbonyl (C=O) groups excluding carboxylic acids is 2. The van der Waals surface area contributed by atoms with Crippen LogP contribution < -0.4 is 5.73 Å². The molecule has 2 atom stereocenters. The fraction of sp³-hybridized carbons (Fsp3) is 0.945. The predicted molar refractivity (Wildman–Crippen MR) is 358 cm³/mol. The first-order chi connectivity index (χ1) is 40.8. The Balaban J connectivity index is 3.77. The lowest BCUT2D eigenvalue weighted by atomic mass is 10.0. The number of ether oxygens (including phenoxy) is 2. The fourth-order valence-electron chi connectivity index (χ4n) is 11.6. The van der Waals surface area contributed by atoms with Crippen molar-refractivity contribution in [3.8, 4) is 0 Å². The highest BCUT2D eigenvalue weighted by molar-refractivity contribution is 7.47. The monoisotopic (exact) mass is 1190 g/mol. The van der Waals surface area contributed by atoms with E-state index in [1.165, 1.54) is 347 Å². The molecule has 0 aromatic carbocycles. The lowest BCUT2D eigenvalue weighted by Crippen LogP contribution is -2.29. The summed E-state index contributed by atoms with van der Waals surface area (Å²) in [6, 6.07) is 0. The maximum absolute atomic E-state index is 12.8. The van der Waals surface area contributed by atoms with Crippen molar-refractivity contribution < 1.29 is 37.6 Å². The van der Waals surface area contributed by atoms with Gasteiger partial charge in [0.2, 0.25) is 0 Å². The van der Waals surface area contributed by atoms with Gasteiger partial charge in [0.05, 0.1) is 13.2 Å². The predicted octanol–water partition coefficient (Wildman–Crippen LogP) is 24.3. The minimum atomic E-state index is -4.39. The van der Waals surface area contributed by atoms with Gasteiger partial charge in [0.1, 0.15) is 6.61 Å². The summed E-state index contributed by atoms with van der Waals surface area (Å²) in [5.74, 6) is -0.799. The minimum absolute atomic E-state index is 0.0578. The van der Waals surface area contributed by atoms with Crippen LogP contribution in [0.2, 0.25) is 0 Å². The van der Waals surface area contributed by atoms with Crippen LogP contribution in [0, 0.1) is 0 Å². The first-order valence-corrected chi connectivity index (χ1v) is 38.7. The Morgan fingerprint density at radius 3 is 0.855 bits per heavy atom. The van der Waals surface area contributed by atoms with Gasteiger partial charge in [-0.2, -0.15) is 0 Å². The molecule has 0 amide bonds. The topological polar surface area (TPSA) is 134 Å². The van der Waals surface area contributed by atoms with Gasteiger partial charge < -0.3 is 20.1 Å². The Hall–Kier alpha value is -1.25. The molecule has 9 nitrogen and oxygen atoms in total. The van der Waals surface area contributed by atoms with Crippen molar-refractivity contribution in [2.24, 2.45) is 5.73 Å². The van der Waals surface area contributed by atoms with E-state index < -0.39 is 26.5 Å². The summed E-state index contributed by atoms with van der Waals surface area (Å²) in [4.78, 5) is 35.4. The third kappa shape index (κ3) is 69.7. The van der Waals surface area contributed by atoms with Crippen LogP contribution in [0.1, 0.15) is 412 Å². The number of esters is 2. The first kappa shape index (κ1) is 81.8. The number of hydrogen-bond donors (Lipinski definition) is 2. The number of allylic oxidation sites excluding steroid dienone is 2. The lowest BCUT2D eigenvalue weighted by molar-refractivity contribution is -0.161. The minimum Gasteiger partial charge on any atom is -0.462 e. The summed E-state index contributed by atoms with van der Waals surface area (Å²) in [5.41, 5.74) is 5.41. The van der Waals surface area contributed by atoms with Crippen molar-refractivity contribution in [2.45, 2.75) is 418 Å². The average Bonchev–Trinajstić information content (AvgIpc) is 3.49. The van der Waals surface area contributed by atoms with E-state index in [4.69, 9.17) is 24.3 Å². The summed E-state index contributed by atoms with van der Waals surface area (Å²) in [5, 5.41) is 0. The first-order valence-electron chi connectivity index (χ1n) is 37.2. The summed E-state index contributed by atoms with van der Waals surface area (Å²) in [6.45, 7) is 3.84. The van der Waals surface area contributed by atoms with E-state index in [0.29, 0.717) is 6.42 Å². The molecule has 0 saturated heterocycles. The van der Waals surface area contributed by atoms with Crippen LogP contribution in [-0.2, 0) is 32.7 Å². The standard InChI is InChI=1S/C73H144NO8P/c1-3-5-7-9-11-13-15-17-19-21-23-25-27-29-31-33-34-35-36-38-39-41-43-45-47-49-51-53-55-57-59-61-63-65-72(75)79-69-71(70-81-83(77,78)80-68-67-74)82-73(76)66-64-62-60-58-56-54-52-50-48-46-44-42-40-37-32-30-28-26-24-22-20-18-16-14-12-10-8-6-4-2/h22,24,71H,3-21,23,25-70,74H2,1-2H3,(H,77,78)/b24-22-. The molecule has 0 aromatic heterocycles. The Bertz CT molecular complexity index is 1360. The smallest absolute Gasteiger partial charge is 0.462 e. The molecule has 494 valence electrons. The molecule has 2 unspecified atom stereocenters. The van der Waals surface area contributed by atoms with Crippen molar-refractivity contribution in [1.82, 2.24) is 0 Å². The fourth-order valence-corrected chi connectivity index (χ4v) is 12.4. The number of carbonyl (C=O) groups is 2. The zero-order valence-electron chi connectivity index (χ0n) is 55.7. The molecule has 10 heteroatoms. The van der Waals surface area contributed by atoms with E-state index in [2.05, 4.69) is 26.0 Å². The van der Waals surface area contributed by atoms with Crippen molar-refractivity contribution in [2.75, 3.05) is 26.4 Å². The number of unbranched alkanes of at least 4 members (excludes halogenated alkanes) is 57. The van der Waals surface area contributed by atoms with E-state index in [1.54, 1.807) is 0 Å². The average molecular weight is 1190 g/mol. The van der Waals surface area contributed by atoms with Crippen molar-refractivity contribution >= 4 is 19.8 Å². The summed E-state index contributed by atoms with van der Waals surface area (Å²) in [6.07, 6.45) is 84.8. The second-order valence-corrected chi connectivity index (χ2v) is 27.0. The number of hydrogen-bond acceptors (Lipinski definition) is 8. The van der Waals surface area contributed by atoms with Gasteiger partial charge in [-0.1, -0.05) is 373 Å². The second-order valence-electron chi connectivity index (χ2n) is 25.5. The van der Waals surface area contributed by atoms with Crippen LogP contribution >= 0.6 is 7.82 Å². The van der Waals surface area contributed by atoms with Crippen LogP contribution in [0.4, 0.5) is 0 Å². The maximum atomic E-state index is 12.8. The van der Waals surface area contributed by atoms with E-state index in [-0.39, 0.29) is 38.6 Å². The van der Waals surface area contributed by atoms with Gasteiger partial charge in [-0.25, -0.2) is 4.57 Å². The normalized spacial score (nSPS) is 12.9. The largest absolute Gasteiger partial charge is 0.472 e. The Kier molecular flexibility index (Phi) is 68.8. The van der Waals surface area contributed by atoms with Crippen molar-refractivity contribution in [3.63, 3.8) is 0 Å². The third-order valence-electron chi connectivity index (χ3n) is 17.2. The number of nitrogens with two attached hydrogens (primary N) is 1. The van der Waals surface area contributed by atoms with E-state index in [1.807, 2.05) is 0 Å². The highest BCUT2D eigenvalue weighted by Gasteiger charge is 2.26. The Morgan fingerprint density at radius 2 is 0.590 bits per heavy atom. The zero-order chi connectivity index (χ0) is 60.1. The van der Waals surface area contributed by atoms with E-state index in [9.17, 15) is 19.0 Å². The molecular formula is C73H144NO8P. The molecule has 0 bridgehead atoms. The molecular weight excluding hydrogens is 1050 g/mol. The van der Waals surface area contributed by atoms with Crippen LogP contribution in [0.25, 0.3) is 0 Å². The molecule has 0 aliphatic carbocycles. The molecule has 0 rings (SSSR count). The number of phosphoric ester groups is 1. The van der Waals surface area contributed by atoms with E-state index >= 15 is 0 Å². The van der Waals surface area contributed by atoms with E-state index in [0.717, 1.165) is 32.1 Å². The molecule has 0 fully saturated rings. The quantitative estimate of drug-likeness (QED) is 0.0264. The molecule has 0 aliphatic heterocycles. The Labute approximate surface area is 517 Å². The Morgan fingerprint density at radius 1 is 0.349 bits per heavy atom. The summed E-state index contributed by atoms with van der Waals surface area (Å²) >= 11 is 0. The van der Waals surface area contributed by atoms with Crippen molar-refractivity contribution in [3.05, 3.63) is 12.2 Å². The maximum Gasteiger partial charge on any atom is 0.472 e. The SMILES string of the molecule is CCCCCCCCCC/C=C\CCCCCCCCCCCCCCCCCCCC(=O)OC(COC(=O)CCCCCCCCCCCCCCCCCCCCCCCCCCCCCCCCCCC)COP(=O)(O)OCCN. The van der Waals surface area contributed by atoms with Crippen LogP contribution in [0.5, 0.6) is 0 Å². The third-order valence-corrected chi connectivity index (χ3v) is 18.1. The molecule has 3 N–H and O–H groups in total. The lowest BCUT2D eigenvalue weighted by Gasteiger charge is -2.19. The van der Waals surface area contributed by atoms with Gasteiger partial charge >= 0.3 is 19.8 Å². The van der Waals surface area contributed by atoms with Crippen LogP contribution in [0.3, 0.4) is 0 Å². The molecule has 0 spiro atoms. The zero-order valence-corrected chi connectivity index (χ0v) is 56.6. The van der Waals surface area contributed by atoms with Crippen molar-refractivity contribution in [1.29, 1.82) is 0 Å². The summed E-state index contributed by atoms with van der Waals surface area (Å²) < 4.78 is 33.2.